The zero-order valence-electron chi connectivity index (χ0n) is 22.5. The molecule has 38 heavy (non-hydrogen) atoms. The summed E-state index contributed by atoms with van der Waals surface area (Å²) in [5, 5.41) is 9.42. The quantitative estimate of drug-likeness (QED) is 0.462. The molecule has 9 nitrogen and oxygen atoms in total. The molecule has 2 saturated carbocycles. The van der Waals surface area contributed by atoms with Gasteiger partial charge in [0.05, 0.1) is 11.8 Å². The molecule has 10 heteroatoms. The normalized spacial score (nSPS) is 19.2. The highest BCUT2D eigenvalue weighted by atomic mass is 19.1. The number of ether oxygens (including phenoxy) is 1. The van der Waals surface area contributed by atoms with Gasteiger partial charge in [-0.1, -0.05) is 17.9 Å². The largest absolute Gasteiger partial charge is 0.444 e. The van der Waals surface area contributed by atoms with E-state index in [2.05, 4.69) is 37.8 Å². The van der Waals surface area contributed by atoms with Crippen molar-refractivity contribution in [2.45, 2.75) is 77.1 Å². The summed E-state index contributed by atoms with van der Waals surface area (Å²) >= 11 is 0. The van der Waals surface area contributed by atoms with Gasteiger partial charge in [-0.2, -0.15) is 4.98 Å². The summed E-state index contributed by atoms with van der Waals surface area (Å²) in [6.45, 7) is 7.04. The van der Waals surface area contributed by atoms with Crippen LogP contribution in [0.15, 0.2) is 30.5 Å². The second-order valence-corrected chi connectivity index (χ2v) is 10.9. The minimum atomic E-state index is -0.650. The number of aromatic nitrogens is 2. The molecule has 1 aromatic heterocycles. The fourth-order valence-electron chi connectivity index (χ4n) is 3.78. The lowest BCUT2D eigenvalue weighted by Gasteiger charge is -2.34. The number of likely N-dealkylation sites (N-methyl/N-ethyl adjacent to an activating group) is 1. The van der Waals surface area contributed by atoms with Gasteiger partial charge in [-0.15, -0.1) is 0 Å². The second-order valence-electron chi connectivity index (χ2n) is 10.9. The molecular formula is C28H35FN6O3. The minimum Gasteiger partial charge on any atom is -0.444 e. The van der Waals surface area contributed by atoms with E-state index in [4.69, 9.17) is 4.74 Å². The molecule has 2 amide bonds. The maximum atomic E-state index is 13.5. The molecule has 3 N–H and O–H groups in total. The monoisotopic (exact) mass is 522 g/mol. The minimum absolute atomic E-state index is 0.00874. The van der Waals surface area contributed by atoms with Crippen LogP contribution >= 0.6 is 0 Å². The van der Waals surface area contributed by atoms with Gasteiger partial charge < -0.3 is 20.7 Å². The first-order valence-electron chi connectivity index (χ1n) is 12.9. The van der Waals surface area contributed by atoms with Crippen molar-refractivity contribution in [2.24, 2.45) is 5.92 Å². The van der Waals surface area contributed by atoms with Gasteiger partial charge in [0, 0.05) is 30.7 Å². The molecule has 1 heterocycles. The Hall–Kier alpha value is -3.87. The van der Waals surface area contributed by atoms with Crippen LogP contribution in [0.5, 0.6) is 0 Å². The van der Waals surface area contributed by atoms with Gasteiger partial charge in [-0.25, -0.2) is 14.2 Å². The van der Waals surface area contributed by atoms with Gasteiger partial charge in [0.25, 0.3) is 0 Å². The number of hydrogen-bond acceptors (Lipinski definition) is 7. The van der Waals surface area contributed by atoms with Gasteiger partial charge >= 0.3 is 6.09 Å². The van der Waals surface area contributed by atoms with Crippen LogP contribution in [0.25, 0.3) is 0 Å². The second kappa shape index (κ2) is 11.3. The van der Waals surface area contributed by atoms with Crippen LogP contribution in [0.4, 0.5) is 26.6 Å². The van der Waals surface area contributed by atoms with E-state index in [9.17, 15) is 14.0 Å². The number of benzene rings is 1. The van der Waals surface area contributed by atoms with E-state index in [-0.39, 0.29) is 23.7 Å². The van der Waals surface area contributed by atoms with Crippen LogP contribution in [0.1, 0.15) is 58.9 Å². The van der Waals surface area contributed by atoms with Crippen LogP contribution in [0, 0.1) is 23.6 Å². The third-order valence-corrected chi connectivity index (χ3v) is 6.32. The SMILES string of the molecule is C[C@@H](C(=O)NC1CC(C#Cc2cnc(Nc3cccc(F)c3)nc2NC2CC2)C1)N(C)C(=O)OC(C)(C)C. The molecule has 0 aliphatic heterocycles. The molecule has 2 aromatic rings. The average Bonchev–Trinajstić information content (AvgIpc) is 3.63. The fourth-order valence-corrected chi connectivity index (χ4v) is 3.78. The molecule has 4 rings (SSSR count). The molecule has 1 aromatic carbocycles. The van der Waals surface area contributed by atoms with Crippen LogP contribution in [-0.2, 0) is 9.53 Å². The maximum absolute atomic E-state index is 13.5. The van der Waals surface area contributed by atoms with Crippen LogP contribution in [-0.4, -0.2) is 57.6 Å². The average molecular weight is 523 g/mol. The Morgan fingerprint density at radius 1 is 1.21 bits per heavy atom. The number of carbonyl (C=O) groups excluding carboxylic acids is 2. The van der Waals surface area contributed by atoms with Crippen LogP contribution < -0.4 is 16.0 Å². The van der Waals surface area contributed by atoms with Crippen LogP contribution in [0.2, 0.25) is 0 Å². The molecule has 0 unspecified atom stereocenters. The van der Waals surface area contributed by atoms with Crippen molar-refractivity contribution in [3.63, 3.8) is 0 Å². The number of nitrogens with zero attached hydrogens (tertiary/aromatic N) is 3. The zero-order valence-corrected chi connectivity index (χ0v) is 22.5. The molecule has 0 radical (unpaired) electrons. The summed E-state index contributed by atoms with van der Waals surface area (Å²) in [7, 11) is 1.56. The summed E-state index contributed by atoms with van der Waals surface area (Å²) in [4.78, 5) is 35.1. The summed E-state index contributed by atoms with van der Waals surface area (Å²) in [5.41, 5.74) is 0.635. The van der Waals surface area contributed by atoms with Crippen LogP contribution in [0.3, 0.4) is 0 Å². The van der Waals surface area contributed by atoms with E-state index < -0.39 is 17.7 Å². The summed E-state index contributed by atoms with van der Waals surface area (Å²) < 4.78 is 18.9. The predicted octanol–water partition coefficient (Wildman–Crippen LogP) is 4.44. The first kappa shape index (κ1) is 27.2. The van der Waals surface area contributed by atoms with Crippen molar-refractivity contribution < 1.29 is 18.7 Å². The maximum Gasteiger partial charge on any atom is 0.410 e. The lowest BCUT2D eigenvalue weighted by molar-refractivity contribution is -0.126. The van der Waals surface area contributed by atoms with Gasteiger partial charge in [0.2, 0.25) is 11.9 Å². The number of nitrogens with one attached hydrogen (secondary N) is 3. The molecule has 0 bridgehead atoms. The van der Waals surface area contributed by atoms with Gasteiger partial charge in [-0.3, -0.25) is 9.69 Å². The Kier molecular flexibility index (Phi) is 8.05. The Morgan fingerprint density at radius 2 is 1.95 bits per heavy atom. The lowest BCUT2D eigenvalue weighted by Crippen LogP contribution is -2.52. The highest BCUT2D eigenvalue weighted by Gasteiger charge is 2.33. The molecule has 1 atom stereocenters. The van der Waals surface area contributed by atoms with Crippen molar-refractivity contribution in [2.75, 3.05) is 17.7 Å². The molecular weight excluding hydrogens is 487 g/mol. The number of halogens is 1. The van der Waals surface area contributed by atoms with Crippen molar-refractivity contribution in [3.05, 3.63) is 41.8 Å². The van der Waals surface area contributed by atoms with E-state index in [1.54, 1.807) is 53.1 Å². The van der Waals surface area contributed by atoms with E-state index >= 15 is 0 Å². The highest BCUT2D eigenvalue weighted by molar-refractivity contribution is 5.85. The molecule has 2 aliphatic carbocycles. The molecule has 202 valence electrons. The van der Waals surface area contributed by atoms with E-state index in [1.165, 1.54) is 17.0 Å². The number of rotatable bonds is 7. The number of anilines is 3. The van der Waals surface area contributed by atoms with Gasteiger partial charge in [0.1, 0.15) is 23.3 Å². The first-order valence-corrected chi connectivity index (χ1v) is 12.9. The third kappa shape index (κ3) is 7.57. The predicted molar refractivity (Wildman–Crippen MR) is 143 cm³/mol. The number of hydrogen-bond donors (Lipinski definition) is 3. The number of carbonyl (C=O) groups is 2. The lowest BCUT2D eigenvalue weighted by atomic mass is 9.80. The Bertz CT molecular complexity index is 1240. The van der Waals surface area contributed by atoms with Crippen molar-refractivity contribution in [1.82, 2.24) is 20.2 Å². The van der Waals surface area contributed by atoms with Gasteiger partial charge in [0.15, 0.2) is 0 Å². The summed E-state index contributed by atoms with van der Waals surface area (Å²) in [6, 6.07) is 5.86. The van der Waals surface area contributed by atoms with E-state index in [1.807, 2.05) is 0 Å². The van der Waals surface area contributed by atoms with Gasteiger partial charge in [-0.05, 0) is 71.6 Å². The van der Waals surface area contributed by atoms with Crippen molar-refractivity contribution >= 4 is 29.5 Å². The Balaban J connectivity index is 1.32. The van der Waals surface area contributed by atoms with Crippen molar-refractivity contribution in [3.8, 4) is 11.8 Å². The smallest absolute Gasteiger partial charge is 0.410 e. The van der Waals surface area contributed by atoms with Crippen molar-refractivity contribution in [1.29, 1.82) is 0 Å². The molecule has 2 fully saturated rings. The molecule has 0 saturated heterocycles. The summed E-state index contributed by atoms with van der Waals surface area (Å²) in [5.74, 6) is 7.05. The molecule has 2 aliphatic rings. The summed E-state index contributed by atoms with van der Waals surface area (Å²) in [6.07, 6.45) is 4.75. The van der Waals surface area contributed by atoms with E-state index in [0.717, 1.165) is 25.7 Å². The standard InChI is InChI=1S/C28H35FN6O3/c1-17(35(5)27(37)38-28(2,3)4)25(36)32-23-13-18(14-23)9-10-19-16-30-26(34-24(19)31-21-11-12-21)33-22-8-6-7-20(29)15-22/h6-8,15-18,21,23H,11-14H2,1-5H3,(H,32,36)(H2,30,31,33,34)/t17-,18?,23?/m0/s1. The third-order valence-electron chi connectivity index (χ3n) is 6.32. The highest BCUT2D eigenvalue weighted by Crippen LogP contribution is 2.29. The fraction of sp³-hybridized carbons (Fsp3) is 0.500. The Morgan fingerprint density at radius 3 is 2.61 bits per heavy atom. The first-order chi connectivity index (χ1) is 18.0. The molecule has 0 spiro atoms. The van der Waals surface area contributed by atoms with E-state index in [0.29, 0.717) is 29.1 Å². The Labute approximate surface area is 222 Å². The number of amides is 2. The zero-order chi connectivity index (χ0) is 27.4. The topological polar surface area (TPSA) is 108 Å².